The number of hydrogen-bond acceptors (Lipinski definition) is 7. The number of carboxylic acids is 1. The number of aliphatic carboxylic acids is 1. The molecule has 0 unspecified atom stereocenters. The van der Waals surface area contributed by atoms with Gasteiger partial charge < -0.3 is 9.90 Å². The van der Waals surface area contributed by atoms with E-state index in [9.17, 15) is 14.7 Å². The van der Waals surface area contributed by atoms with Gasteiger partial charge in [-0.1, -0.05) is 0 Å². The number of carbonyl (C=O) groups is 2. The van der Waals surface area contributed by atoms with Crippen LogP contribution in [0, 0.1) is 6.92 Å². The maximum absolute atomic E-state index is 12.3. The Morgan fingerprint density at radius 3 is 2.89 bits per heavy atom. The molecule has 0 bridgehead atoms. The summed E-state index contributed by atoms with van der Waals surface area (Å²) in [7, 11) is 0. The smallest absolute Gasteiger partial charge is 0.543 e. The zero-order valence-electron chi connectivity index (χ0n) is 14.9. The van der Waals surface area contributed by atoms with Crippen molar-refractivity contribution in [3.8, 4) is 0 Å². The number of rotatable bonds is 2. The van der Waals surface area contributed by atoms with Gasteiger partial charge in [-0.3, -0.25) is 9.69 Å². The molecule has 0 aromatic carbocycles. The van der Waals surface area contributed by atoms with E-state index in [1.54, 1.807) is 10.6 Å². The van der Waals surface area contributed by atoms with Crippen LogP contribution >= 0.6 is 11.8 Å². The zero-order chi connectivity index (χ0) is 18.0. The first-order valence-electron chi connectivity index (χ1n) is 8.42. The van der Waals surface area contributed by atoms with Crippen LogP contribution in [0.25, 0.3) is 11.9 Å². The average molecular weight is 391 g/mol. The van der Waals surface area contributed by atoms with Gasteiger partial charge in [-0.25, -0.2) is 9.50 Å². The SMILES string of the molecule is Cc1nc2nc(/C=C3/C(=O)N4C(C(=O)[O-])=CS[C@H]34)nn2c2c1CCCC2.[Na+]. The zero-order valence-corrected chi connectivity index (χ0v) is 17.7. The Morgan fingerprint density at radius 2 is 2.11 bits per heavy atom. The van der Waals surface area contributed by atoms with E-state index in [0.29, 0.717) is 17.2 Å². The number of aromatic nitrogens is 4. The normalized spacial score (nSPS) is 22.2. The predicted octanol–water partition coefficient (Wildman–Crippen LogP) is -2.79. The number of hydrogen-bond donors (Lipinski definition) is 0. The van der Waals surface area contributed by atoms with Crippen molar-refractivity contribution in [3.05, 3.63) is 39.5 Å². The Kier molecular flexibility index (Phi) is 4.66. The molecule has 1 fully saturated rings. The van der Waals surface area contributed by atoms with E-state index in [1.165, 1.54) is 27.6 Å². The van der Waals surface area contributed by atoms with Crippen LogP contribution in [0.5, 0.6) is 0 Å². The molecule has 2 aromatic heterocycles. The molecule has 1 amide bonds. The summed E-state index contributed by atoms with van der Waals surface area (Å²) in [6.07, 6.45) is 5.85. The molecule has 1 saturated heterocycles. The molecular weight excluding hydrogens is 377 g/mol. The first-order valence-corrected chi connectivity index (χ1v) is 9.36. The van der Waals surface area contributed by atoms with Crippen molar-refractivity contribution in [2.75, 3.05) is 0 Å². The van der Waals surface area contributed by atoms with E-state index < -0.39 is 5.97 Å². The Labute approximate surface area is 181 Å². The number of thioether (sulfide) groups is 1. The summed E-state index contributed by atoms with van der Waals surface area (Å²) in [4.78, 5) is 33.6. The van der Waals surface area contributed by atoms with Gasteiger partial charge in [0.05, 0.1) is 22.9 Å². The van der Waals surface area contributed by atoms with Crippen molar-refractivity contribution in [1.29, 1.82) is 0 Å². The molecule has 8 nitrogen and oxygen atoms in total. The number of carboxylic acid groups (broad SMARTS) is 1. The van der Waals surface area contributed by atoms with E-state index in [0.717, 1.165) is 37.1 Å². The molecule has 0 saturated carbocycles. The number of β-lactam (4-membered cyclic amide) rings is 1. The molecule has 10 heteroatoms. The van der Waals surface area contributed by atoms with Crippen LogP contribution in [0.15, 0.2) is 16.7 Å². The van der Waals surface area contributed by atoms with E-state index in [1.807, 2.05) is 6.92 Å². The topological polar surface area (TPSA) is 104 Å². The molecular formula is C17H14N5NaO3S. The predicted molar refractivity (Wildman–Crippen MR) is 91.5 cm³/mol. The molecule has 2 aliphatic heterocycles. The summed E-state index contributed by atoms with van der Waals surface area (Å²) in [6, 6.07) is 0. The molecule has 1 aliphatic carbocycles. The minimum absolute atomic E-state index is 0. The first kappa shape index (κ1) is 18.7. The molecule has 0 spiro atoms. The van der Waals surface area contributed by atoms with E-state index >= 15 is 0 Å². The van der Waals surface area contributed by atoms with Crippen LogP contribution in [0.4, 0.5) is 0 Å². The van der Waals surface area contributed by atoms with Gasteiger partial charge in [0.1, 0.15) is 5.37 Å². The number of fused-ring (bicyclic) bond motifs is 4. The van der Waals surface area contributed by atoms with Crippen molar-refractivity contribution in [2.45, 2.75) is 38.0 Å². The van der Waals surface area contributed by atoms with Crippen LogP contribution in [-0.2, 0) is 22.4 Å². The number of carbonyl (C=O) groups excluding carboxylic acids is 2. The average Bonchev–Trinajstić information content (AvgIpc) is 3.21. The van der Waals surface area contributed by atoms with Crippen molar-refractivity contribution >= 4 is 35.5 Å². The third-order valence-corrected chi connectivity index (χ3v) is 6.12. The molecule has 4 heterocycles. The Balaban J connectivity index is 0.00000180. The Bertz CT molecular complexity index is 1060. The first-order chi connectivity index (χ1) is 12.5. The third-order valence-electron chi connectivity index (χ3n) is 5.03. The van der Waals surface area contributed by atoms with Gasteiger partial charge in [-0.2, -0.15) is 4.98 Å². The van der Waals surface area contributed by atoms with Crippen LogP contribution in [-0.4, -0.2) is 41.7 Å². The van der Waals surface area contributed by atoms with Gasteiger partial charge in [-0.15, -0.1) is 16.9 Å². The molecule has 3 aliphatic rings. The maximum atomic E-state index is 12.3. The summed E-state index contributed by atoms with van der Waals surface area (Å²) in [6.45, 7) is 1.99. The molecule has 0 radical (unpaired) electrons. The fraction of sp³-hybridized carbons (Fsp3) is 0.353. The van der Waals surface area contributed by atoms with Gasteiger partial charge >= 0.3 is 29.6 Å². The van der Waals surface area contributed by atoms with Crippen molar-refractivity contribution in [1.82, 2.24) is 24.5 Å². The maximum Gasteiger partial charge on any atom is 1.00 e. The van der Waals surface area contributed by atoms with Crippen LogP contribution in [0.3, 0.4) is 0 Å². The molecule has 27 heavy (non-hydrogen) atoms. The van der Waals surface area contributed by atoms with Crippen LogP contribution in [0.1, 0.15) is 35.6 Å². The minimum Gasteiger partial charge on any atom is -0.543 e. The van der Waals surface area contributed by atoms with Crippen LogP contribution < -0.4 is 34.7 Å². The second-order valence-corrected chi connectivity index (χ2v) is 7.52. The summed E-state index contributed by atoms with van der Waals surface area (Å²) >= 11 is 1.27. The molecule has 1 atom stereocenters. The summed E-state index contributed by atoms with van der Waals surface area (Å²) in [5, 5.41) is 16.7. The van der Waals surface area contributed by atoms with Gasteiger partial charge in [0.2, 0.25) is 0 Å². The number of aryl methyl sites for hydroxylation is 2. The van der Waals surface area contributed by atoms with Crippen LogP contribution in [0.2, 0.25) is 0 Å². The molecule has 5 rings (SSSR count). The van der Waals surface area contributed by atoms with Gasteiger partial charge in [0.25, 0.3) is 11.7 Å². The summed E-state index contributed by atoms with van der Waals surface area (Å²) < 4.78 is 1.78. The largest absolute Gasteiger partial charge is 1.00 e. The van der Waals surface area contributed by atoms with Gasteiger partial charge in [0, 0.05) is 5.69 Å². The van der Waals surface area contributed by atoms with Crippen molar-refractivity contribution in [2.24, 2.45) is 0 Å². The standard InChI is InChI=1S/C17H15N5O3S.Na/c1-8-9-4-2-3-5-11(9)22-17(18-8)19-13(20-22)6-10-14(23)21-12(16(24)25)7-26-15(10)21;/h6-7,15H,2-5H2,1H3,(H,24,25);/q;+1/p-1/b10-6-;/t15-;/m1./s1. The fourth-order valence-corrected chi connectivity index (χ4v) is 4.88. The minimum atomic E-state index is -1.34. The van der Waals surface area contributed by atoms with Gasteiger partial charge in [-0.05, 0) is 49.7 Å². The van der Waals surface area contributed by atoms with E-state index in [4.69, 9.17) is 0 Å². The monoisotopic (exact) mass is 391 g/mol. The molecule has 2 aromatic rings. The van der Waals surface area contributed by atoms with E-state index in [-0.39, 0.29) is 46.5 Å². The fourth-order valence-electron chi connectivity index (χ4n) is 3.76. The Morgan fingerprint density at radius 1 is 1.33 bits per heavy atom. The summed E-state index contributed by atoms with van der Waals surface area (Å²) in [5.41, 5.74) is 3.78. The number of amides is 1. The third kappa shape index (κ3) is 2.75. The quantitative estimate of drug-likeness (QED) is 0.310. The number of nitrogens with zero attached hydrogens (tertiary/aromatic N) is 5. The van der Waals surface area contributed by atoms with Crippen molar-refractivity contribution in [3.63, 3.8) is 0 Å². The van der Waals surface area contributed by atoms with Crippen molar-refractivity contribution < 1.29 is 44.3 Å². The van der Waals surface area contributed by atoms with Gasteiger partial charge in [0.15, 0.2) is 5.82 Å². The second kappa shape index (κ2) is 6.73. The molecule has 0 N–H and O–H groups in total. The Hall–Kier alpha value is -1.68. The molecule has 132 valence electrons. The van der Waals surface area contributed by atoms with E-state index in [2.05, 4.69) is 15.1 Å². The second-order valence-electron chi connectivity index (χ2n) is 6.57. The summed E-state index contributed by atoms with van der Waals surface area (Å²) in [5.74, 6) is -0.738.